The Morgan fingerprint density at radius 1 is 0.969 bits per heavy atom. The number of rotatable bonds is 5. The van der Waals surface area contributed by atoms with E-state index < -0.39 is 0 Å². The fourth-order valence-corrected chi connectivity index (χ4v) is 3.40. The van der Waals surface area contributed by atoms with E-state index in [0.717, 1.165) is 5.65 Å². The van der Waals surface area contributed by atoms with Gasteiger partial charge in [0.2, 0.25) is 5.88 Å². The molecule has 0 aliphatic heterocycles. The van der Waals surface area contributed by atoms with Crippen LogP contribution in [0.4, 0.5) is 5.69 Å². The molecule has 0 spiro atoms. The summed E-state index contributed by atoms with van der Waals surface area (Å²) in [6.07, 6.45) is 5.30. The number of pyridine rings is 1. The predicted molar refractivity (Wildman–Crippen MR) is 118 cm³/mol. The zero-order valence-electron chi connectivity index (χ0n) is 17.4. The maximum Gasteiger partial charge on any atom is 0.274 e. The lowest BCUT2D eigenvalue weighted by atomic mass is 10.2. The number of hydrogen-bond donors (Lipinski definition) is 1. The number of imidazole rings is 1. The number of aryl methyl sites for hydroxylation is 2. The summed E-state index contributed by atoms with van der Waals surface area (Å²) in [7, 11) is 0. The maximum absolute atomic E-state index is 12.8. The molecule has 1 N–H and O–H groups in total. The van der Waals surface area contributed by atoms with E-state index in [4.69, 9.17) is 4.74 Å². The number of amides is 1. The van der Waals surface area contributed by atoms with Gasteiger partial charge >= 0.3 is 0 Å². The smallest absolute Gasteiger partial charge is 0.274 e. The molecule has 4 aromatic heterocycles. The summed E-state index contributed by atoms with van der Waals surface area (Å²) in [5.41, 5.74) is 2.54. The van der Waals surface area contributed by atoms with Crippen molar-refractivity contribution in [3.63, 3.8) is 0 Å². The number of anilines is 1. The molecule has 0 aliphatic rings. The second kappa shape index (κ2) is 7.95. The lowest BCUT2D eigenvalue weighted by Gasteiger charge is -2.09. The second-order valence-electron chi connectivity index (χ2n) is 7.12. The third kappa shape index (κ3) is 3.79. The molecule has 158 valence electrons. The van der Waals surface area contributed by atoms with Crippen molar-refractivity contribution in [2.24, 2.45) is 0 Å². The number of aromatic nitrogens is 6. The van der Waals surface area contributed by atoms with Crippen molar-refractivity contribution in [1.29, 1.82) is 0 Å². The van der Waals surface area contributed by atoms with Gasteiger partial charge in [0.15, 0.2) is 5.82 Å². The number of nitrogens with one attached hydrogen (secondary N) is 1. The van der Waals surface area contributed by atoms with Gasteiger partial charge in [0, 0.05) is 30.3 Å². The first-order valence-electron chi connectivity index (χ1n) is 9.95. The average molecular weight is 425 g/mol. The number of hydrogen-bond acceptors (Lipinski definition) is 6. The van der Waals surface area contributed by atoms with Crippen molar-refractivity contribution in [3.05, 3.63) is 90.4 Å². The second-order valence-corrected chi connectivity index (χ2v) is 7.12. The average Bonchev–Trinajstić information content (AvgIpc) is 3.42. The minimum Gasteiger partial charge on any atom is -0.439 e. The molecule has 1 aromatic carbocycles. The van der Waals surface area contributed by atoms with Gasteiger partial charge in [-0.3, -0.25) is 9.20 Å². The van der Waals surface area contributed by atoms with Crippen LogP contribution < -0.4 is 10.1 Å². The van der Waals surface area contributed by atoms with E-state index in [-0.39, 0.29) is 5.91 Å². The van der Waals surface area contributed by atoms with Crippen LogP contribution in [-0.4, -0.2) is 35.0 Å². The van der Waals surface area contributed by atoms with E-state index in [1.165, 1.54) is 0 Å². The number of ether oxygens (including phenoxy) is 1. The van der Waals surface area contributed by atoms with E-state index in [1.54, 1.807) is 58.7 Å². The van der Waals surface area contributed by atoms with Crippen LogP contribution in [0, 0.1) is 13.8 Å². The van der Waals surface area contributed by atoms with E-state index in [0.29, 0.717) is 40.3 Å². The Morgan fingerprint density at radius 3 is 2.59 bits per heavy atom. The molecule has 0 radical (unpaired) electrons. The zero-order chi connectivity index (χ0) is 22.1. The van der Waals surface area contributed by atoms with E-state index >= 15 is 0 Å². The van der Waals surface area contributed by atoms with E-state index in [2.05, 4.69) is 25.4 Å². The van der Waals surface area contributed by atoms with Crippen molar-refractivity contribution >= 4 is 17.2 Å². The molecule has 0 aliphatic carbocycles. The van der Waals surface area contributed by atoms with Gasteiger partial charge in [-0.2, -0.15) is 10.1 Å². The third-order valence-electron chi connectivity index (χ3n) is 4.79. The molecular formula is C23H19N7O2. The summed E-state index contributed by atoms with van der Waals surface area (Å²) in [4.78, 5) is 26.0. The van der Waals surface area contributed by atoms with Crippen LogP contribution in [0.5, 0.6) is 11.6 Å². The minimum atomic E-state index is -0.231. The van der Waals surface area contributed by atoms with Gasteiger partial charge < -0.3 is 10.1 Å². The Balaban J connectivity index is 1.33. The molecule has 0 fully saturated rings. The summed E-state index contributed by atoms with van der Waals surface area (Å²) in [5, 5.41) is 7.10. The van der Waals surface area contributed by atoms with Gasteiger partial charge in [-0.1, -0.05) is 6.07 Å². The van der Waals surface area contributed by atoms with Crippen LogP contribution in [0.1, 0.15) is 22.0 Å². The molecule has 1 amide bonds. The van der Waals surface area contributed by atoms with Gasteiger partial charge in [0.05, 0.1) is 5.69 Å². The molecule has 4 heterocycles. The molecule has 5 rings (SSSR count). The summed E-state index contributed by atoms with van der Waals surface area (Å²) in [5.74, 6) is 1.94. The maximum atomic E-state index is 12.8. The first kappa shape index (κ1) is 19.4. The molecule has 9 heteroatoms. The lowest BCUT2D eigenvalue weighted by molar-refractivity contribution is 0.102. The fourth-order valence-electron chi connectivity index (χ4n) is 3.40. The molecule has 0 bridgehead atoms. The molecule has 0 saturated heterocycles. The van der Waals surface area contributed by atoms with Gasteiger partial charge in [-0.15, -0.1) is 0 Å². The van der Waals surface area contributed by atoms with Gasteiger partial charge in [0.1, 0.15) is 22.9 Å². The molecule has 32 heavy (non-hydrogen) atoms. The third-order valence-corrected chi connectivity index (χ3v) is 4.79. The molecule has 9 nitrogen and oxygen atoms in total. The monoisotopic (exact) mass is 425 g/mol. The number of carbonyl (C=O) groups excluding carboxylic acids is 1. The molecule has 0 saturated carbocycles. The van der Waals surface area contributed by atoms with Crippen LogP contribution in [-0.2, 0) is 0 Å². The predicted octanol–water partition coefficient (Wildman–Crippen LogP) is 3.97. The number of nitrogens with zero attached hydrogens (tertiary/aromatic N) is 6. The van der Waals surface area contributed by atoms with Gasteiger partial charge in [0.25, 0.3) is 5.91 Å². The molecule has 5 aromatic rings. The summed E-state index contributed by atoms with van der Waals surface area (Å²) in [6.45, 7) is 3.61. The van der Waals surface area contributed by atoms with Crippen LogP contribution in [0.3, 0.4) is 0 Å². The quantitative estimate of drug-likeness (QED) is 0.457. The highest BCUT2D eigenvalue weighted by atomic mass is 16.5. The standard InChI is InChI=1S/C23H19N7O2/c1-15-22(29-12-4-3-6-19(29)25-15)23(31)28-17-7-9-18(10-8-17)32-21-14-20(26-16(2)27-21)30-13-5-11-24-30/h3-14H,1-2H3,(H,28,31). The molecule has 0 unspecified atom stereocenters. The Bertz CT molecular complexity index is 1410. The largest absolute Gasteiger partial charge is 0.439 e. The number of benzene rings is 1. The Hall–Kier alpha value is -4.53. The van der Waals surface area contributed by atoms with Crippen LogP contribution >= 0.6 is 0 Å². The molecule has 0 atom stereocenters. The lowest BCUT2D eigenvalue weighted by Crippen LogP contribution is -2.15. The topological polar surface area (TPSA) is 99.2 Å². The van der Waals surface area contributed by atoms with Crippen LogP contribution in [0.25, 0.3) is 11.5 Å². The Kier molecular flexibility index (Phi) is 4.83. The van der Waals surface area contributed by atoms with Gasteiger partial charge in [-0.05, 0) is 56.3 Å². The minimum absolute atomic E-state index is 0.231. The first-order valence-corrected chi connectivity index (χ1v) is 9.95. The highest BCUT2D eigenvalue weighted by molar-refractivity contribution is 6.04. The first-order chi connectivity index (χ1) is 15.6. The van der Waals surface area contributed by atoms with Gasteiger partial charge in [-0.25, -0.2) is 14.6 Å². The summed E-state index contributed by atoms with van der Waals surface area (Å²) < 4.78 is 9.30. The van der Waals surface area contributed by atoms with Crippen LogP contribution in [0.15, 0.2) is 73.2 Å². The van der Waals surface area contributed by atoms with Crippen molar-refractivity contribution < 1.29 is 9.53 Å². The highest BCUT2D eigenvalue weighted by Crippen LogP contribution is 2.23. The van der Waals surface area contributed by atoms with E-state index in [1.807, 2.05) is 37.4 Å². The van der Waals surface area contributed by atoms with Crippen molar-refractivity contribution in [2.45, 2.75) is 13.8 Å². The SMILES string of the molecule is Cc1nc(Oc2ccc(NC(=O)c3c(C)nc4ccccn34)cc2)cc(-n2cccn2)n1. The van der Waals surface area contributed by atoms with Crippen molar-refractivity contribution in [2.75, 3.05) is 5.32 Å². The Morgan fingerprint density at radius 2 is 1.81 bits per heavy atom. The number of carbonyl (C=O) groups is 1. The normalized spacial score (nSPS) is 10.9. The van der Waals surface area contributed by atoms with Crippen molar-refractivity contribution in [3.8, 4) is 17.4 Å². The highest BCUT2D eigenvalue weighted by Gasteiger charge is 2.16. The Labute approximate surface area is 183 Å². The number of fused-ring (bicyclic) bond motifs is 1. The molecular weight excluding hydrogens is 406 g/mol. The van der Waals surface area contributed by atoms with Crippen LogP contribution in [0.2, 0.25) is 0 Å². The van der Waals surface area contributed by atoms with Crippen molar-refractivity contribution in [1.82, 2.24) is 29.1 Å². The zero-order valence-corrected chi connectivity index (χ0v) is 17.4. The fraction of sp³-hybridized carbons (Fsp3) is 0.0870. The summed E-state index contributed by atoms with van der Waals surface area (Å²) >= 11 is 0. The van der Waals surface area contributed by atoms with E-state index in [9.17, 15) is 4.79 Å². The summed E-state index contributed by atoms with van der Waals surface area (Å²) in [6, 6.07) is 16.2.